The molecule has 1 aromatic heterocycles. The zero-order valence-electron chi connectivity index (χ0n) is 12.0. The number of nitrogens with zero attached hydrogens (tertiary/aromatic N) is 2. The highest BCUT2D eigenvalue weighted by atomic mass is 32.2. The SMILES string of the molecule is CC1CNCCCN1S(=O)(=O)c1nccc2ccccc12. The number of aromatic nitrogens is 1. The van der Waals surface area contributed by atoms with Gasteiger partial charge in [-0.15, -0.1) is 0 Å². The summed E-state index contributed by atoms with van der Waals surface area (Å²) in [5.74, 6) is 0. The van der Waals surface area contributed by atoms with Gasteiger partial charge in [-0.05, 0) is 31.3 Å². The summed E-state index contributed by atoms with van der Waals surface area (Å²) in [5.41, 5.74) is 0. The Bertz CT molecular complexity index is 740. The molecular formula is C15H19N3O2S. The number of rotatable bonds is 2. The predicted molar refractivity (Wildman–Crippen MR) is 82.6 cm³/mol. The minimum atomic E-state index is -3.58. The highest BCUT2D eigenvalue weighted by Crippen LogP contribution is 2.25. The summed E-state index contributed by atoms with van der Waals surface area (Å²) < 4.78 is 27.6. The van der Waals surface area contributed by atoms with E-state index < -0.39 is 10.0 Å². The van der Waals surface area contributed by atoms with Crippen LogP contribution in [0.1, 0.15) is 13.3 Å². The van der Waals surface area contributed by atoms with Crippen LogP contribution in [0.25, 0.3) is 10.8 Å². The Kier molecular flexibility index (Phi) is 3.93. The maximum Gasteiger partial charge on any atom is 0.261 e. The third-order valence-corrected chi connectivity index (χ3v) is 5.83. The molecule has 2 aromatic rings. The molecule has 6 heteroatoms. The molecule has 1 aromatic carbocycles. The summed E-state index contributed by atoms with van der Waals surface area (Å²) in [4.78, 5) is 4.17. The van der Waals surface area contributed by atoms with E-state index in [-0.39, 0.29) is 11.1 Å². The molecule has 1 unspecified atom stereocenters. The highest BCUT2D eigenvalue weighted by Gasteiger charge is 2.32. The number of sulfonamides is 1. The number of nitrogens with one attached hydrogen (secondary N) is 1. The molecule has 0 spiro atoms. The lowest BCUT2D eigenvalue weighted by Gasteiger charge is -2.25. The van der Waals surface area contributed by atoms with Crippen LogP contribution in [0, 0.1) is 0 Å². The Morgan fingerprint density at radius 1 is 1.29 bits per heavy atom. The van der Waals surface area contributed by atoms with Gasteiger partial charge in [0, 0.05) is 30.7 Å². The minimum Gasteiger partial charge on any atom is -0.315 e. The fourth-order valence-corrected chi connectivity index (χ4v) is 4.56. The van der Waals surface area contributed by atoms with Gasteiger partial charge in [0.1, 0.15) is 0 Å². The summed E-state index contributed by atoms with van der Waals surface area (Å²) in [6.07, 6.45) is 2.38. The Labute approximate surface area is 125 Å². The quantitative estimate of drug-likeness (QED) is 0.915. The highest BCUT2D eigenvalue weighted by molar-refractivity contribution is 7.89. The monoisotopic (exact) mass is 305 g/mol. The molecule has 1 aliphatic rings. The number of pyridine rings is 1. The molecule has 2 heterocycles. The molecule has 1 aliphatic heterocycles. The second-order valence-electron chi connectivity index (χ2n) is 5.36. The molecule has 0 aliphatic carbocycles. The molecule has 0 amide bonds. The molecule has 1 fully saturated rings. The lowest BCUT2D eigenvalue weighted by atomic mass is 10.2. The van der Waals surface area contributed by atoms with Crippen LogP contribution in [0.3, 0.4) is 0 Å². The summed E-state index contributed by atoms with van der Waals surface area (Å²) in [5, 5.41) is 5.00. The molecule has 5 nitrogen and oxygen atoms in total. The molecule has 21 heavy (non-hydrogen) atoms. The van der Waals surface area contributed by atoms with Gasteiger partial charge in [0.2, 0.25) is 0 Å². The van der Waals surface area contributed by atoms with Crippen molar-refractivity contribution in [3.05, 3.63) is 36.5 Å². The lowest BCUT2D eigenvalue weighted by molar-refractivity contribution is 0.352. The van der Waals surface area contributed by atoms with Crippen LogP contribution < -0.4 is 5.32 Å². The zero-order chi connectivity index (χ0) is 14.9. The molecule has 0 saturated carbocycles. The predicted octanol–water partition coefficient (Wildman–Crippen LogP) is 1.61. The van der Waals surface area contributed by atoms with Crippen molar-refractivity contribution in [3.8, 4) is 0 Å². The third-order valence-electron chi connectivity index (χ3n) is 3.85. The second kappa shape index (κ2) is 5.71. The van der Waals surface area contributed by atoms with Crippen molar-refractivity contribution in [2.45, 2.75) is 24.4 Å². The molecular weight excluding hydrogens is 286 g/mol. The standard InChI is InChI=1S/C15H19N3O2S/c1-12-11-16-8-4-10-18(12)21(19,20)15-14-6-3-2-5-13(14)7-9-17-15/h2-3,5-7,9,12,16H,4,8,10-11H2,1H3. The van der Waals surface area contributed by atoms with Gasteiger partial charge in [-0.2, -0.15) is 4.31 Å². The summed E-state index contributed by atoms with van der Waals surface area (Å²) >= 11 is 0. The van der Waals surface area contributed by atoms with Crippen molar-refractivity contribution in [1.82, 2.24) is 14.6 Å². The molecule has 112 valence electrons. The van der Waals surface area contributed by atoms with Crippen LogP contribution in [0.2, 0.25) is 0 Å². The largest absolute Gasteiger partial charge is 0.315 e. The van der Waals surface area contributed by atoms with Crippen LogP contribution in [-0.2, 0) is 10.0 Å². The van der Waals surface area contributed by atoms with Gasteiger partial charge >= 0.3 is 0 Å². The molecule has 1 N–H and O–H groups in total. The number of benzene rings is 1. The Morgan fingerprint density at radius 3 is 2.95 bits per heavy atom. The van der Waals surface area contributed by atoms with Crippen molar-refractivity contribution in [1.29, 1.82) is 0 Å². The lowest BCUT2D eigenvalue weighted by Crippen LogP contribution is -2.41. The van der Waals surface area contributed by atoms with Crippen molar-refractivity contribution in [3.63, 3.8) is 0 Å². The average molecular weight is 305 g/mol. The maximum absolute atomic E-state index is 13.0. The first-order valence-corrected chi connectivity index (χ1v) is 8.61. The summed E-state index contributed by atoms with van der Waals surface area (Å²) in [6.45, 7) is 3.98. The van der Waals surface area contributed by atoms with E-state index >= 15 is 0 Å². The minimum absolute atomic E-state index is 0.0710. The van der Waals surface area contributed by atoms with Crippen molar-refractivity contribution in [2.75, 3.05) is 19.6 Å². The van der Waals surface area contributed by atoms with Crippen LogP contribution in [0.15, 0.2) is 41.6 Å². The summed E-state index contributed by atoms with van der Waals surface area (Å²) in [7, 11) is -3.58. The van der Waals surface area contributed by atoms with E-state index in [2.05, 4.69) is 10.3 Å². The molecule has 1 saturated heterocycles. The average Bonchev–Trinajstić information content (AvgIpc) is 2.71. The Balaban J connectivity index is 2.11. The van der Waals surface area contributed by atoms with Crippen molar-refractivity contribution < 1.29 is 8.42 Å². The van der Waals surface area contributed by atoms with Crippen molar-refractivity contribution >= 4 is 20.8 Å². The van der Waals surface area contributed by atoms with Gasteiger partial charge in [-0.1, -0.05) is 24.3 Å². The number of fused-ring (bicyclic) bond motifs is 1. The molecule has 1 atom stereocenters. The van der Waals surface area contributed by atoms with Crippen LogP contribution >= 0.6 is 0 Å². The summed E-state index contributed by atoms with van der Waals surface area (Å²) in [6, 6.07) is 9.23. The van der Waals surface area contributed by atoms with E-state index in [4.69, 9.17) is 0 Å². The van der Waals surface area contributed by atoms with Gasteiger partial charge in [-0.3, -0.25) is 0 Å². The number of hydrogen-bond donors (Lipinski definition) is 1. The topological polar surface area (TPSA) is 62.3 Å². The van der Waals surface area contributed by atoms with Gasteiger partial charge in [0.15, 0.2) is 5.03 Å². The van der Waals surface area contributed by atoms with E-state index in [0.717, 1.165) is 18.4 Å². The van der Waals surface area contributed by atoms with E-state index in [1.807, 2.05) is 37.3 Å². The normalized spacial score (nSPS) is 21.3. The molecule has 0 radical (unpaired) electrons. The van der Waals surface area contributed by atoms with E-state index in [1.54, 1.807) is 10.5 Å². The smallest absolute Gasteiger partial charge is 0.261 e. The van der Waals surface area contributed by atoms with E-state index in [9.17, 15) is 8.42 Å². The van der Waals surface area contributed by atoms with Gasteiger partial charge in [0.25, 0.3) is 10.0 Å². The number of hydrogen-bond acceptors (Lipinski definition) is 4. The molecule has 0 bridgehead atoms. The Morgan fingerprint density at radius 2 is 2.10 bits per heavy atom. The van der Waals surface area contributed by atoms with Crippen molar-refractivity contribution in [2.24, 2.45) is 0 Å². The second-order valence-corrected chi connectivity index (χ2v) is 7.17. The van der Waals surface area contributed by atoms with Crippen LogP contribution in [-0.4, -0.2) is 43.4 Å². The van der Waals surface area contributed by atoms with Crippen LogP contribution in [0.5, 0.6) is 0 Å². The third kappa shape index (κ3) is 2.66. The Hall–Kier alpha value is -1.50. The fourth-order valence-electron chi connectivity index (χ4n) is 2.76. The fraction of sp³-hybridized carbons (Fsp3) is 0.400. The van der Waals surface area contributed by atoms with Gasteiger partial charge in [-0.25, -0.2) is 13.4 Å². The van der Waals surface area contributed by atoms with Gasteiger partial charge < -0.3 is 5.32 Å². The van der Waals surface area contributed by atoms with E-state index in [1.165, 1.54) is 0 Å². The first kappa shape index (κ1) is 14.4. The molecule has 3 rings (SSSR count). The first-order chi connectivity index (χ1) is 10.1. The van der Waals surface area contributed by atoms with Gasteiger partial charge in [0.05, 0.1) is 0 Å². The van der Waals surface area contributed by atoms with Crippen LogP contribution in [0.4, 0.5) is 0 Å². The maximum atomic E-state index is 13.0. The first-order valence-electron chi connectivity index (χ1n) is 7.17. The zero-order valence-corrected chi connectivity index (χ0v) is 12.8. The van der Waals surface area contributed by atoms with E-state index in [0.29, 0.717) is 18.5 Å².